The van der Waals surface area contributed by atoms with Crippen molar-refractivity contribution in [1.82, 2.24) is 4.90 Å². The predicted molar refractivity (Wildman–Crippen MR) is 47.2 cm³/mol. The van der Waals surface area contributed by atoms with Crippen LogP contribution in [0.5, 0.6) is 0 Å². The van der Waals surface area contributed by atoms with Crippen molar-refractivity contribution in [3.05, 3.63) is 17.9 Å². The standard InChI is InChI=1S/C8H12N2O3/c1-10(4-5-11)8(12)6-2-3-7(9)13-6/h2-3,11H,4-5,9H2,1H3. The molecule has 0 radical (unpaired) electrons. The summed E-state index contributed by atoms with van der Waals surface area (Å²) in [6, 6.07) is 3.02. The van der Waals surface area contributed by atoms with Gasteiger partial charge in [0.25, 0.3) is 5.91 Å². The summed E-state index contributed by atoms with van der Waals surface area (Å²) in [4.78, 5) is 12.8. The number of aliphatic hydroxyl groups is 1. The molecule has 0 saturated carbocycles. The molecule has 1 rings (SSSR count). The third-order valence-electron chi connectivity index (χ3n) is 1.62. The van der Waals surface area contributed by atoms with E-state index in [0.717, 1.165) is 0 Å². The molecule has 0 fully saturated rings. The lowest BCUT2D eigenvalue weighted by atomic mass is 10.4. The van der Waals surface area contributed by atoms with Crippen molar-refractivity contribution >= 4 is 11.8 Å². The van der Waals surface area contributed by atoms with Crippen molar-refractivity contribution < 1.29 is 14.3 Å². The van der Waals surface area contributed by atoms with Gasteiger partial charge in [-0.15, -0.1) is 0 Å². The van der Waals surface area contributed by atoms with Gasteiger partial charge in [0, 0.05) is 19.7 Å². The number of carbonyl (C=O) groups is 1. The highest BCUT2D eigenvalue weighted by atomic mass is 16.4. The number of likely N-dealkylation sites (N-methyl/N-ethyl adjacent to an activating group) is 1. The number of furan rings is 1. The Balaban J connectivity index is 2.67. The molecule has 72 valence electrons. The lowest BCUT2D eigenvalue weighted by Crippen LogP contribution is -2.29. The summed E-state index contributed by atoms with van der Waals surface area (Å²) >= 11 is 0. The Morgan fingerprint density at radius 3 is 2.85 bits per heavy atom. The van der Waals surface area contributed by atoms with E-state index in [1.807, 2.05) is 0 Å². The van der Waals surface area contributed by atoms with Crippen LogP contribution in [0.15, 0.2) is 16.5 Å². The second kappa shape index (κ2) is 3.95. The topological polar surface area (TPSA) is 79.7 Å². The number of anilines is 1. The number of aliphatic hydroxyl groups excluding tert-OH is 1. The first-order valence-electron chi connectivity index (χ1n) is 3.87. The second-order valence-corrected chi connectivity index (χ2v) is 2.65. The maximum Gasteiger partial charge on any atom is 0.289 e. The Morgan fingerprint density at radius 1 is 1.69 bits per heavy atom. The zero-order valence-corrected chi connectivity index (χ0v) is 7.36. The molecule has 0 unspecified atom stereocenters. The van der Waals surface area contributed by atoms with Crippen LogP contribution in [0.4, 0.5) is 5.88 Å². The van der Waals surface area contributed by atoms with E-state index < -0.39 is 0 Å². The van der Waals surface area contributed by atoms with Crippen LogP contribution in [0.1, 0.15) is 10.6 Å². The number of nitrogen functional groups attached to an aromatic ring is 1. The summed E-state index contributed by atoms with van der Waals surface area (Å²) in [7, 11) is 1.58. The molecule has 0 aromatic carbocycles. The first-order chi connectivity index (χ1) is 6.15. The van der Waals surface area contributed by atoms with Crippen molar-refractivity contribution in [1.29, 1.82) is 0 Å². The first-order valence-corrected chi connectivity index (χ1v) is 3.87. The van der Waals surface area contributed by atoms with E-state index in [4.69, 9.17) is 15.3 Å². The minimum Gasteiger partial charge on any atom is -0.436 e. The van der Waals surface area contributed by atoms with Crippen LogP contribution in [-0.4, -0.2) is 36.1 Å². The second-order valence-electron chi connectivity index (χ2n) is 2.65. The van der Waals surface area contributed by atoms with E-state index in [1.54, 1.807) is 7.05 Å². The number of amides is 1. The van der Waals surface area contributed by atoms with Gasteiger partial charge >= 0.3 is 0 Å². The molecule has 1 amide bonds. The van der Waals surface area contributed by atoms with Crippen LogP contribution in [0.25, 0.3) is 0 Å². The van der Waals surface area contributed by atoms with Crippen molar-refractivity contribution in [3.63, 3.8) is 0 Å². The largest absolute Gasteiger partial charge is 0.436 e. The number of carbonyl (C=O) groups excluding carboxylic acids is 1. The number of rotatable bonds is 3. The summed E-state index contributed by atoms with van der Waals surface area (Å²) in [5.74, 6) is 0.111. The Labute approximate surface area is 75.7 Å². The van der Waals surface area contributed by atoms with Crippen LogP contribution < -0.4 is 5.73 Å². The molecule has 0 aliphatic carbocycles. The highest BCUT2D eigenvalue weighted by molar-refractivity contribution is 5.91. The molecular weight excluding hydrogens is 172 g/mol. The number of nitrogens with two attached hydrogens (primary N) is 1. The summed E-state index contributed by atoms with van der Waals surface area (Å²) in [6.45, 7) is 0.206. The molecule has 0 bridgehead atoms. The quantitative estimate of drug-likeness (QED) is 0.689. The molecule has 0 saturated heterocycles. The number of hydrogen-bond donors (Lipinski definition) is 2. The van der Waals surface area contributed by atoms with E-state index in [0.29, 0.717) is 0 Å². The van der Waals surface area contributed by atoms with Crippen molar-refractivity contribution in [3.8, 4) is 0 Å². The SMILES string of the molecule is CN(CCO)C(=O)c1ccc(N)o1. The molecule has 0 spiro atoms. The number of nitrogens with zero attached hydrogens (tertiary/aromatic N) is 1. The summed E-state index contributed by atoms with van der Waals surface area (Å²) in [6.07, 6.45) is 0. The van der Waals surface area contributed by atoms with Crippen molar-refractivity contribution in [2.45, 2.75) is 0 Å². The Morgan fingerprint density at radius 2 is 2.38 bits per heavy atom. The lowest BCUT2D eigenvalue weighted by molar-refractivity contribution is 0.0737. The summed E-state index contributed by atoms with van der Waals surface area (Å²) < 4.78 is 4.92. The molecule has 1 aromatic heterocycles. The van der Waals surface area contributed by atoms with E-state index in [2.05, 4.69) is 0 Å². The van der Waals surface area contributed by atoms with Crippen molar-refractivity contribution in [2.75, 3.05) is 25.9 Å². The van der Waals surface area contributed by atoms with Crippen LogP contribution in [0.2, 0.25) is 0 Å². The van der Waals surface area contributed by atoms with Crippen LogP contribution in [-0.2, 0) is 0 Å². The van der Waals surface area contributed by atoms with Gasteiger partial charge in [-0.1, -0.05) is 0 Å². The third-order valence-corrected chi connectivity index (χ3v) is 1.62. The number of hydrogen-bond acceptors (Lipinski definition) is 4. The van der Waals surface area contributed by atoms with Gasteiger partial charge in [-0.05, 0) is 6.07 Å². The average Bonchev–Trinajstić information content (AvgIpc) is 2.51. The zero-order chi connectivity index (χ0) is 9.84. The first kappa shape index (κ1) is 9.60. The van der Waals surface area contributed by atoms with Gasteiger partial charge < -0.3 is 20.2 Å². The maximum atomic E-state index is 11.4. The van der Waals surface area contributed by atoms with E-state index >= 15 is 0 Å². The van der Waals surface area contributed by atoms with Crippen LogP contribution in [0, 0.1) is 0 Å². The molecule has 1 aromatic rings. The van der Waals surface area contributed by atoms with Gasteiger partial charge in [0.15, 0.2) is 11.6 Å². The van der Waals surface area contributed by atoms with Gasteiger partial charge in [-0.2, -0.15) is 0 Å². The monoisotopic (exact) mass is 184 g/mol. The van der Waals surface area contributed by atoms with Gasteiger partial charge in [-0.25, -0.2) is 0 Å². The smallest absolute Gasteiger partial charge is 0.289 e. The lowest BCUT2D eigenvalue weighted by Gasteiger charge is -2.13. The average molecular weight is 184 g/mol. The maximum absolute atomic E-state index is 11.4. The molecule has 5 heteroatoms. The fourth-order valence-corrected chi connectivity index (χ4v) is 0.907. The Kier molecular flexibility index (Phi) is 2.92. The molecule has 13 heavy (non-hydrogen) atoms. The van der Waals surface area contributed by atoms with Crippen molar-refractivity contribution in [2.24, 2.45) is 0 Å². The fraction of sp³-hybridized carbons (Fsp3) is 0.375. The molecule has 0 aliphatic heterocycles. The molecule has 0 atom stereocenters. The Hall–Kier alpha value is -1.49. The minimum absolute atomic E-state index is 0.0710. The Bertz CT molecular complexity index is 295. The van der Waals surface area contributed by atoms with Crippen LogP contribution in [0.3, 0.4) is 0 Å². The summed E-state index contributed by atoms with van der Waals surface area (Å²) in [5.41, 5.74) is 5.30. The third kappa shape index (κ3) is 2.22. The highest BCUT2D eigenvalue weighted by Crippen LogP contribution is 2.10. The molecule has 5 nitrogen and oxygen atoms in total. The van der Waals surface area contributed by atoms with E-state index in [9.17, 15) is 4.79 Å². The minimum atomic E-state index is -0.286. The molecular formula is C8H12N2O3. The van der Waals surface area contributed by atoms with E-state index in [-0.39, 0.29) is 30.7 Å². The summed E-state index contributed by atoms with van der Waals surface area (Å²) in [5, 5.41) is 8.59. The highest BCUT2D eigenvalue weighted by Gasteiger charge is 2.14. The van der Waals surface area contributed by atoms with E-state index in [1.165, 1.54) is 17.0 Å². The fourth-order valence-electron chi connectivity index (χ4n) is 0.907. The molecule has 3 N–H and O–H groups in total. The van der Waals surface area contributed by atoms with Crippen LogP contribution >= 0.6 is 0 Å². The van der Waals surface area contributed by atoms with Gasteiger partial charge in [0.05, 0.1) is 6.61 Å². The molecule has 0 aliphatic rings. The zero-order valence-electron chi connectivity index (χ0n) is 7.36. The molecule has 1 heterocycles. The van der Waals surface area contributed by atoms with Gasteiger partial charge in [0.1, 0.15) is 0 Å². The normalized spacial score (nSPS) is 10.0. The van der Waals surface area contributed by atoms with Gasteiger partial charge in [0.2, 0.25) is 0 Å². The van der Waals surface area contributed by atoms with Gasteiger partial charge in [-0.3, -0.25) is 4.79 Å². The predicted octanol–water partition coefficient (Wildman–Crippen LogP) is -0.0739.